The number of ether oxygens (including phenoxy) is 3. The molecule has 3 fully saturated rings. The number of halogens is 1. The van der Waals surface area contributed by atoms with E-state index in [9.17, 15) is 27.2 Å². The number of pyridine rings is 1. The van der Waals surface area contributed by atoms with Crippen LogP contribution in [0, 0.1) is 18.7 Å². The Morgan fingerprint density at radius 1 is 1.05 bits per heavy atom. The van der Waals surface area contributed by atoms with Crippen LogP contribution in [-0.2, 0) is 29.1 Å². The van der Waals surface area contributed by atoms with Crippen LogP contribution in [0.15, 0.2) is 60.0 Å². The number of carbonyl (C=O) groups is 3. The summed E-state index contributed by atoms with van der Waals surface area (Å²) in [6.07, 6.45) is 7.31. The van der Waals surface area contributed by atoms with E-state index in [2.05, 4.69) is 29.2 Å². The van der Waals surface area contributed by atoms with E-state index in [0.29, 0.717) is 58.1 Å². The minimum absolute atomic E-state index is 0.0226. The molecule has 4 aromatic rings. The Kier molecular flexibility index (Phi) is 12.1. The van der Waals surface area contributed by atoms with E-state index in [1.807, 2.05) is 42.7 Å². The number of fused-ring (bicyclic) bond motifs is 3. The van der Waals surface area contributed by atoms with Gasteiger partial charge in [0.1, 0.15) is 51.7 Å². The number of thiazole rings is 1. The molecule has 2 saturated carbocycles. The molecule has 1 saturated heterocycles. The average molecular weight is 889 g/mol. The second-order valence-corrected chi connectivity index (χ2v) is 19.9. The van der Waals surface area contributed by atoms with E-state index >= 15 is 0 Å². The molecule has 5 atom stereocenters. The standard InChI is InChI=1S/C45H53FN6O8S2/c1-26(2)35-25-61-41(49-35)34-22-38(32-17-18-37(58-4)27(3)39(32)48-34)60-31-21-36-40(53)50-45(43(55)51-62(56,57)44(59-5)19-20-44)23-28(45)11-9-7-6-8-10-12-33(42(54)52(36)24-31)47-30-15-13-29(46)14-16-30/h9,11,13-18,22,25-26,28,31,33,36,47H,6-8,10,12,19-21,23-24H2,1-5H3,(H,50,53)(H,51,55)/b11-9-/t28-,31+,33-,36-,45+/m0/s1. The third-order valence-corrected chi connectivity index (χ3v) is 15.5. The molecule has 0 spiro atoms. The van der Waals surface area contributed by atoms with Gasteiger partial charge in [-0.3, -0.25) is 14.4 Å². The van der Waals surface area contributed by atoms with Gasteiger partial charge in [-0.1, -0.05) is 38.8 Å². The first-order valence-corrected chi connectivity index (χ1v) is 23.6. The van der Waals surface area contributed by atoms with Crippen molar-refractivity contribution in [3.63, 3.8) is 0 Å². The molecule has 0 radical (unpaired) electrons. The predicted molar refractivity (Wildman–Crippen MR) is 234 cm³/mol. The smallest absolute Gasteiger partial charge is 0.265 e. The van der Waals surface area contributed by atoms with Gasteiger partial charge in [0.25, 0.3) is 15.9 Å². The molecule has 4 aliphatic rings. The van der Waals surface area contributed by atoms with Crippen LogP contribution in [0.25, 0.3) is 21.6 Å². The lowest BCUT2D eigenvalue weighted by atomic mass is 10.0. The van der Waals surface area contributed by atoms with Crippen molar-refractivity contribution >= 4 is 55.7 Å². The summed E-state index contributed by atoms with van der Waals surface area (Å²) in [5.74, 6) is -1.36. The molecule has 17 heteroatoms. The van der Waals surface area contributed by atoms with Crippen molar-refractivity contribution in [2.75, 3.05) is 26.1 Å². The Bertz CT molecular complexity index is 2510. The maximum Gasteiger partial charge on any atom is 0.265 e. The van der Waals surface area contributed by atoms with Gasteiger partial charge < -0.3 is 29.7 Å². The summed E-state index contributed by atoms with van der Waals surface area (Å²) in [6.45, 7) is 6.09. The first-order chi connectivity index (χ1) is 29.7. The van der Waals surface area contributed by atoms with Gasteiger partial charge in [0, 0.05) is 47.5 Å². The van der Waals surface area contributed by atoms with Crippen molar-refractivity contribution in [3.05, 3.63) is 77.1 Å². The van der Waals surface area contributed by atoms with Crippen LogP contribution in [0.2, 0.25) is 0 Å². The monoisotopic (exact) mass is 888 g/mol. The van der Waals surface area contributed by atoms with Gasteiger partial charge >= 0.3 is 0 Å². The highest BCUT2D eigenvalue weighted by Gasteiger charge is 2.64. The zero-order valence-electron chi connectivity index (χ0n) is 35.5. The number of rotatable bonds is 11. The van der Waals surface area contributed by atoms with Crippen LogP contribution in [-0.4, -0.2) is 90.4 Å². The van der Waals surface area contributed by atoms with Crippen LogP contribution >= 0.6 is 11.3 Å². The van der Waals surface area contributed by atoms with Crippen molar-refractivity contribution in [2.24, 2.45) is 5.92 Å². The van der Waals surface area contributed by atoms with Crippen LogP contribution in [0.3, 0.4) is 0 Å². The number of amides is 3. The van der Waals surface area contributed by atoms with Gasteiger partial charge in [-0.2, -0.15) is 0 Å². The summed E-state index contributed by atoms with van der Waals surface area (Å²) < 4.78 is 60.7. The fourth-order valence-corrected chi connectivity index (χ4v) is 11.0. The molecule has 0 bridgehead atoms. The maximum absolute atomic E-state index is 14.9. The number of sulfonamides is 1. The number of hydrogen-bond acceptors (Lipinski definition) is 12. The number of methoxy groups -OCH3 is 2. The zero-order valence-corrected chi connectivity index (χ0v) is 37.2. The van der Waals surface area contributed by atoms with Gasteiger partial charge in [0.05, 0.1) is 24.9 Å². The lowest BCUT2D eigenvalue weighted by molar-refractivity contribution is -0.140. The van der Waals surface area contributed by atoms with E-state index in [1.54, 1.807) is 19.2 Å². The summed E-state index contributed by atoms with van der Waals surface area (Å²) in [7, 11) is -1.34. The van der Waals surface area contributed by atoms with Crippen LogP contribution < -0.4 is 24.8 Å². The molecular weight excluding hydrogens is 836 g/mol. The largest absolute Gasteiger partial charge is 0.496 e. The SMILES string of the molecule is COc1ccc2c(O[C@@H]3C[C@H]4C(=O)N[C@]5(C(=O)NS(=O)(=O)C6(OC)CC6)C[C@@H]5/C=C\CCCCC[C@H](Nc5ccc(F)cc5)C(=O)N4C3)cc(-c3nc(C(C)C)cs3)nc2c1C. The second-order valence-electron chi connectivity index (χ2n) is 17.1. The van der Waals surface area contributed by atoms with Crippen LogP contribution in [0.5, 0.6) is 11.5 Å². The van der Waals surface area contributed by atoms with Crippen molar-refractivity contribution < 1.29 is 41.4 Å². The molecule has 14 nitrogen and oxygen atoms in total. The number of carbonyl (C=O) groups excluding carboxylic acids is 3. The molecule has 3 N–H and O–H groups in total. The minimum atomic E-state index is -4.23. The predicted octanol–water partition coefficient (Wildman–Crippen LogP) is 6.74. The molecule has 0 unspecified atom stereocenters. The van der Waals surface area contributed by atoms with Gasteiger partial charge in [-0.05, 0) is 87.8 Å². The first-order valence-electron chi connectivity index (χ1n) is 21.2. The van der Waals surface area contributed by atoms with Crippen molar-refractivity contribution in [3.8, 4) is 22.2 Å². The van der Waals surface area contributed by atoms with Crippen LogP contribution in [0.1, 0.15) is 88.8 Å². The quantitative estimate of drug-likeness (QED) is 0.136. The Hall–Kier alpha value is -5.13. The first kappa shape index (κ1) is 43.5. The Labute approximate surface area is 365 Å². The fraction of sp³-hybridized carbons (Fsp3) is 0.489. The molecule has 4 heterocycles. The molecule has 2 aromatic heterocycles. The van der Waals surface area contributed by atoms with Crippen molar-refractivity contribution in [1.29, 1.82) is 0 Å². The van der Waals surface area contributed by atoms with E-state index in [-0.39, 0.29) is 44.1 Å². The maximum atomic E-state index is 14.9. The number of aryl methyl sites for hydroxylation is 1. The Morgan fingerprint density at radius 2 is 1.82 bits per heavy atom. The van der Waals surface area contributed by atoms with Crippen molar-refractivity contribution in [1.82, 2.24) is 24.9 Å². The van der Waals surface area contributed by atoms with E-state index in [0.717, 1.165) is 24.1 Å². The van der Waals surface area contributed by atoms with Crippen LogP contribution in [0.4, 0.5) is 10.1 Å². The molecule has 62 heavy (non-hydrogen) atoms. The highest BCUT2D eigenvalue weighted by atomic mass is 32.2. The molecule has 3 amide bonds. The number of allylic oxidation sites excluding steroid dienone is 1. The Balaban J connectivity index is 1.15. The summed E-state index contributed by atoms with van der Waals surface area (Å²) >= 11 is 1.48. The van der Waals surface area contributed by atoms with Gasteiger partial charge in [-0.25, -0.2) is 27.5 Å². The number of benzene rings is 2. The Morgan fingerprint density at radius 3 is 2.52 bits per heavy atom. The number of aromatic nitrogens is 2. The fourth-order valence-electron chi connectivity index (χ4n) is 8.56. The third-order valence-electron chi connectivity index (χ3n) is 12.6. The third kappa shape index (κ3) is 8.50. The minimum Gasteiger partial charge on any atom is -0.496 e. The van der Waals surface area contributed by atoms with E-state index in [1.165, 1.54) is 35.5 Å². The highest BCUT2D eigenvalue weighted by Crippen LogP contribution is 2.48. The molecule has 2 aliphatic carbocycles. The molecule has 330 valence electrons. The van der Waals surface area contributed by atoms with Gasteiger partial charge in [0.15, 0.2) is 4.93 Å². The molecular formula is C45H53FN6O8S2. The zero-order chi connectivity index (χ0) is 44.0. The summed E-state index contributed by atoms with van der Waals surface area (Å²) in [5.41, 5.74) is 1.97. The summed E-state index contributed by atoms with van der Waals surface area (Å²) in [5, 5.41) is 9.67. The molecule has 8 rings (SSSR count). The number of nitrogens with one attached hydrogen (secondary N) is 3. The van der Waals surface area contributed by atoms with E-state index in [4.69, 9.17) is 24.2 Å². The van der Waals surface area contributed by atoms with Crippen molar-refractivity contribution in [2.45, 2.75) is 113 Å². The summed E-state index contributed by atoms with van der Waals surface area (Å²) in [6, 6.07) is 9.44. The second kappa shape index (κ2) is 17.2. The lowest BCUT2D eigenvalue weighted by Gasteiger charge is -2.30. The average Bonchev–Trinajstić information content (AvgIpc) is 4.07. The van der Waals surface area contributed by atoms with Gasteiger partial charge in [0.2, 0.25) is 11.8 Å². The topological polar surface area (TPSA) is 178 Å². The number of nitrogens with zero attached hydrogens (tertiary/aromatic N) is 3. The summed E-state index contributed by atoms with van der Waals surface area (Å²) in [4.78, 5) is 53.6. The number of hydrogen-bond donors (Lipinski definition) is 3. The highest BCUT2D eigenvalue weighted by molar-refractivity contribution is 7.91. The van der Waals surface area contributed by atoms with Gasteiger partial charge in [-0.15, -0.1) is 11.3 Å². The normalized spacial score (nSPS) is 25.5. The molecule has 2 aliphatic heterocycles. The lowest BCUT2D eigenvalue weighted by Crippen LogP contribution is -2.58. The van der Waals surface area contributed by atoms with E-state index < -0.39 is 62.2 Å². The molecule has 2 aromatic carbocycles. The number of anilines is 1.